The van der Waals surface area contributed by atoms with Gasteiger partial charge in [0.2, 0.25) is 0 Å². The van der Waals surface area contributed by atoms with E-state index in [0.29, 0.717) is 15.6 Å². The van der Waals surface area contributed by atoms with Crippen LogP contribution < -0.4 is 10.5 Å². The molecule has 2 rings (SSSR count). The van der Waals surface area contributed by atoms with E-state index in [1.54, 1.807) is 12.1 Å². The fourth-order valence-electron chi connectivity index (χ4n) is 1.28. The molecule has 2 nitrogen and oxygen atoms in total. The van der Waals surface area contributed by atoms with Crippen molar-refractivity contribution in [2.75, 3.05) is 6.61 Å². The van der Waals surface area contributed by atoms with E-state index in [1.165, 1.54) is 12.8 Å². The van der Waals surface area contributed by atoms with E-state index in [1.807, 2.05) is 6.07 Å². The molecule has 0 aromatic heterocycles. The van der Waals surface area contributed by atoms with Crippen molar-refractivity contribution in [3.8, 4) is 5.75 Å². The zero-order valence-electron chi connectivity index (χ0n) is 8.20. The normalized spacial score (nSPS) is 15.0. The molecule has 15 heavy (non-hydrogen) atoms. The number of nitrogens with two attached hydrogens (primary N) is 1. The molecular weight excluding hydrogens is 230 g/mol. The SMILES string of the molecule is NC(=S)c1ccc(OCC2CC2)cc1Cl. The summed E-state index contributed by atoms with van der Waals surface area (Å²) in [6, 6.07) is 5.41. The second-order valence-electron chi connectivity index (χ2n) is 3.76. The minimum atomic E-state index is 0.314. The molecular formula is C11H12ClNOS. The Morgan fingerprint density at radius 1 is 1.53 bits per heavy atom. The minimum Gasteiger partial charge on any atom is -0.493 e. The Balaban J connectivity index is 2.06. The molecule has 0 unspecified atom stereocenters. The predicted octanol–water partition coefficient (Wildman–Crippen LogP) is 2.76. The summed E-state index contributed by atoms with van der Waals surface area (Å²) in [5, 5.41) is 0.552. The molecule has 0 aliphatic heterocycles. The second-order valence-corrected chi connectivity index (χ2v) is 4.61. The summed E-state index contributed by atoms with van der Waals surface area (Å²) in [6.07, 6.45) is 2.55. The molecule has 1 saturated carbocycles. The monoisotopic (exact) mass is 241 g/mol. The lowest BCUT2D eigenvalue weighted by Crippen LogP contribution is -2.10. The summed E-state index contributed by atoms with van der Waals surface area (Å²) in [7, 11) is 0. The fraction of sp³-hybridized carbons (Fsp3) is 0.364. The van der Waals surface area contributed by atoms with Crippen molar-refractivity contribution in [2.24, 2.45) is 11.7 Å². The van der Waals surface area contributed by atoms with Crippen LogP contribution in [0.3, 0.4) is 0 Å². The standard InChI is InChI=1S/C11H12ClNOS/c12-10-5-8(14-6-7-1-2-7)3-4-9(10)11(13)15/h3-5,7H,1-2,6H2,(H2,13,15). The Bertz CT molecular complexity index is 390. The van der Waals surface area contributed by atoms with Crippen LogP contribution in [0.4, 0.5) is 0 Å². The van der Waals surface area contributed by atoms with E-state index in [-0.39, 0.29) is 0 Å². The molecule has 1 aliphatic carbocycles. The van der Waals surface area contributed by atoms with Crippen LogP contribution in [0, 0.1) is 5.92 Å². The van der Waals surface area contributed by atoms with Crippen molar-refractivity contribution in [1.82, 2.24) is 0 Å². The zero-order valence-corrected chi connectivity index (χ0v) is 9.77. The number of hydrogen-bond donors (Lipinski definition) is 1. The van der Waals surface area contributed by atoms with Crippen LogP contribution in [0.2, 0.25) is 5.02 Å². The van der Waals surface area contributed by atoms with E-state index < -0.39 is 0 Å². The highest BCUT2D eigenvalue weighted by molar-refractivity contribution is 7.80. The van der Waals surface area contributed by atoms with Gasteiger partial charge in [0.05, 0.1) is 11.6 Å². The molecule has 1 aliphatic rings. The highest BCUT2D eigenvalue weighted by Gasteiger charge is 2.21. The number of rotatable bonds is 4. The van der Waals surface area contributed by atoms with Crippen molar-refractivity contribution in [3.63, 3.8) is 0 Å². The number of benzene rings is 1. The molecule has 80 valence electrons. The van der Waals surface area contributed by atoms with E-state index in [2.05, 4.69) is 0 Å². The van der Waals surface area contributed by atoms with Gasteiger partial charge in [-0.1, -0.05) is 23.8 Å². The summed E-state index contributed by atoms with van der Waals surface area (Å²) in [4.78, 5) is 0.314. The summed E-state index contributed by atoms with van der Waals surface area (Å²) in [5.74, 6) is 1.52. The van der Waals surface area contributed by atoms with Gasteiger partial charge in [0.15, 0.2) is 0 Å². The largest absolute Gasteiger partial charge is 0.493 e. The van der Waals surface area contributed by atoms with Crippen LogP contribution in [-0.4, -0.2) is 11.6 Å². The number of ether oxygens (including phenoxy) is 1. The van der Waals surface area contributed by atoms with Crippen molar-refractivity contribution >= 4 is 28.8 Å². The molecule has 0 spiro atoms. The average Bonchev–Trinajstić information content (AvgIpc) is 2.97. The third kappa shape index (κ3) is 2.83. The first-order valence-electron chi connectivity index (χ1n) is 4.89. The van der Waals surface area contributed by atoms with Crippen molar-refractivity contribution in [1.29, 1.82) is 0 Å². The molecule has 0 amide bonds. The molecule has 2 N–H and O–H groups in total. The van der Waals surface area contributed by atoms with Crippen molar-refractivity contribution in [2.45, 2.75) is 12.8 Å². The van der Waals surface area contributed by atoms with Crippen LogP contribution in [0.25, 0.3) is 0 Å². The lowest BCUT2D eigenvalue weighted by molar-refractivity contribution is 0.300. The predicted molar refractivity (Wildman–Crippen MR) is 65.6 cm³/mol. The summed E-state index contributed by atoms with van der Waals surface area (Å²) >= 11 is 10.9. The maximum Gasteiger partial charge on any atom is 0.120 e. The smallest absolute Gasteiger partial charge is 0.120 e. The van der Waals surface area contributed by atoms with Crippen LogP contribution in [-0.2, 0) is 0 Å². The van der Waals surface area contributed by atoms with Gasteiger partial charge in [-0.2, -0.15) is 0 Å². The number of halogens is 1. The van der Waals surface area contributed by atoms with Crippen LogP contribution in [0.15, 0.2) is 18.2 Å². The molecule has 0 heterocycles. The number of hydrogen-bond acceptors (Lipinski definition) is 2. The van der Waals surface area contributed by atoms with Gasteiger partial charge in [-0.3, -0.25) is 0 Å². The van der Waals surface area contributed by atoms with Gasteiger partial charge < -0.3 is 10.5 Å². The first kappa shape index (κ1) is 10.7. The molecule has 4 heteroatoms. The minimum absolute atomic E-state index is 0.314. The van der Waals surface area contributed by atoms with Gasteiger partial charge in [0, 0.05) is 5.56 Å². The first-order chi connectivity index (χ1) is 7.16. The van der Waals surface area contributed by atoms with E-state index in [4.69, 9.17) is 34.3 Å². The molecule has 1 fully saturated rings. The topological polar surface area (TPSA) is 35.2 Å². The van der Waals surface area contributed by atoms with Crippen LogP contribution in [0.1, 0.15) is 18.4 Å². The third-order valence-electron chi connectivity index (χ3n) is 2.39. The highest BCUT2D eigenvalue weighted by Crippen LogP contribution is 2.30. The Morgan fingerprint density at radius 3 is 2.80 bits per heavy atom. The average molecular weight is 242 g/mol. The van der Waals surface area contributed by atoms with Gasteiger partial charge in [-0.25, -0.2) is 0 Å². The van der Waals surface area contributed by atoms with Gasteiger partial charge in [0.1, 0.15) is 10.7 Å². The van der Waals surface area contributed by atoms with E-state index >= 15 is 0 Å². The van der Waals surface area contributed by atoms with Gasteiger partial charge in [-0.05, 0) is 37.0 Å². The van der Waals surface area contributed by atoms with Crippen LogP contribution in [0.5, 0.6) is 5.75 Å². The van der Waals surface area contributed by atoms with Gasteiger partial charge >= 0.3 is 0 Å². The Labute approximate surface area is 99.4 Å². The van der Waals surface area contributed by atoms with Gasteiger partial charge in [-0.15, -0.1) is 0 Å². The molecule has 1 aromatic rings. The third-order valence-corrected chi connectivity index (χ3v) is 2.92. The van der Waals surface area contributed by atoms with Crippen molar-refractivity contribution < 1.29 is 4.74 Å². The first-order valence-corrected chi connectivity index (χ1v) is 5.67. The molecule has 0 radical (unpaired) electrons. The zero-order chi connectivity index (χ0) is 10.8. The highest BCUT2D eigenvalue weighted by atomic mass is 35.5. The summed E-state index contributed by atoms with van der Waals surface area (Å²) < 4.78 is 5.58. The lowest BCUT2D eigenvalue weighted by atomic mass is 10.2. The van der Waals surface area contributed by atoms with E-state index in [9.17, 15) is 0 Å². The Kier molecular flexibility index (Phi) is 3.12. The second kappa shape index (κ2) is 4.37. The quantitative estimate of drug-likeness (QED) is 0.824. The maximum atomic E-state index is 6.01. The summed E-state index contributed by atoms with van der Waals surface area (Å²) in [6.45, 7) is 0.781. The molecule has 0 saturated heterocycles. The van der Waals surface area contributed by atoms with E-state index in [0.717, 1.165) is 18.3 Å². The molecule has 0 bridgehead atoms. The summed E-state index contributed by atoms with van der Waals surface area (Å²) in [5.41, 5.74) is 6.20. The van der Waals surface area contributed by atoms with Crippen molar-refractivity contribution in [3.05, 3.63) is 28.8 Å². The Morgan fingerprint density at radius 2 is 2.27 bits per heavy atom. The molecule has 0 atom stereocenters. The van der Waals surface area contributed by atoms with Gasteiger partial charge in [0.25, 0.3) is 0 Å². The lowest BCUT2D eigenvalue weighted by Gasteiger charge is -2.07. The van der Waals surface area contributed by atoms with Crippen LogP contribution >= 0.6 is 23.8 Å². The maximum absolute atomic E-state index is 6.01. The molecule has 1 aromatic carbocycles. The fourth-order valence-corrected chi connectivity index (χ4v) is 1.79. The number of thiocarbonyl (C=S) groups is 1. The Hall–Kier alpha value is -0.800.